The third kappa shape index (κ3) is 11.4. The summed E-state index contributed by atoms with van der Waals surface area (Å²) in [6, 6.07) is 16.7. The second kappa shape index (κ2) is 16.4. The number of hydrogen-bond acceptors (Lipinski definition) is 7. The monoisotopic (exact) mass is 736 g/mol. The topological polar surface area (TPSA) is 120 Å². The Bertz CT molecular complexity index is 1530. The molecule has 0 bridgehead atoms. The second-order valence-corrected chi connectivity index (χ2v) is 23.0. The molecule has 3 amide bonds. The number of benzene rings is 2. The highest BCUT2D eigenvalue weighted by atomic mass is 28.4. The normalized spacial score (nSPS) is 21.2. The Morgan fingerprint density at radius 3 is 2.17 bits per heavy atom. The summed E-state index contributed by atoms with van der Waals surface area (Å²) in [5, 5.41) is 17.3. The molecule has 0 radical (unpaired) electrons. The maximum atomic E-state index is 14.4. The molecule has 0 aromatic heterocycles. The van der Waals surface area contributed by atoms with Gasteiger partial charge in [0.2, 0.25) is 11.8 Å². The Morgan fingerprint density at radius 1 is 0.923 bits per heavy atom. The van der Waals surface area contributed by atoms with Gasteiger partial charge in [-0.3, -0.25) is 14.5 Å². The van der Waals surface area contributed by atoms with Crippen molar-refractivity contribution in [2.45, 2.75) is 135 Å². The van der Waals surface area contributed by atoms with Crippen LogP contribution in [-0.2, 0) is 31.6 Å². The van der Waals surface area contributed by atoms with Crippen molar-refractivity contribution in [3.05, 3.63) is 71.3 Å². The predicted molar refractivity (Wildman–Crippen MR) is 208 cm³/mol. The standard InChI is InChI=1S/C41H64N4O6Si/c1-39(2,3)43-37(48)33-27-45(38(49)50-40(4,5)6)22-21-44(33)26-31(51-52(10,11)41(7,8)9)24-30(23-28-17-13-12-14-18-28)36(47)42-35-32-20-16-15-19-29(32)25-34(35)46/h12-20,30-31,33-35,46H,21-27H2,1-11H3,(H,42,47)(H,43,48)/t30-,31+,33+,34-,35+/m1/s1. The lowest BCUT2D eigenvalue weighted by Crippen LogP contribution is -2.63. The van der Waals surface area contributed by atoms with E-state index in [2.05, 4.69) is 49.4 Å². The molecule has 1 saturated heterocycles. The van der Waals surface area contributed by atoms with Crippen LogP contribution in [0.4, 0.5) is 4.79 Å². The molecule has 3 N–H and O–H groups in total. The number of carbonyl (C=O) groups is 3. The Balaban J connectivity index is 1.66. The average Bonchev–Trinajstić information content (AvgIpc) is 3.33. The van der Waals surface area contributed by atoms with Gasteiger partial charge >= 0.3 is 6.09 Å². The number of carbonyl (C=O) groups excluding carboxylic acids is 3. The zero-order valence-electron chi connectivity index (χ0n) is 33.4. The second-order valence-electron chi connectivity index (χ2n) is 18.3. The molecule has 288 valence electrons. The maximum absolute atomic E-state index is 14.4. The molecular formula is C41H64N4O6Si. The first-order valence-electron chi connectivity index (χ1n) is 18.8. The van der Waals surface area contributed by atoms with Crippen LogP contribution in [0.5, 0.6) is 0 Å². The molecule has 2 aromatic rings. The van der Waals surface area contributed by atoms with E-state index >= 15 is 0 Å². The fourth-order valence-electron chi connectivity index (χ4n) is 6.77. The van der Waals surface area contributed by atoms with E-state index in [-0.39, 0.29) is 29.5 Å². The lowest BCUT2D eigenvalue weighted by atomic mass is 9.91. The van der Waals surface area contributed by atoms with E-state index in [1.807, 2.05) is 96.1 Å². The van der Waals surface area contributed by atoms with E-state index < -0.39 is 49.7 Å². The van der Waals surface area contributed by atoms with E-state index in [0.717, 1.165) is 16.7 Å². The average molecular weight is 737 g/mol. The van der Waals surface area contributed by atoms with Crippen LogP contribution in [0.25, 0.3) is 0 Å². The first-order chi connectivity index (χ1) is 24.0. The molecule has 1 fully saturated rings. The first kappa shape index (κ1) is 41.5. The van der Waals surface area contributed by atoms with E-state index in [0.29, 0.717) is 38.9 Å². The zero-order chi connectivity index (χ0) is 38.6. The molecule has 2 aromatic carbocycles. The van der Waals surface area contributed by atoms with Gasteiger partial charge in [0, 0.05) is 44.1 Å². The van der Waals surface area contributed by atoms with Gasteiger partial charge in [-0.2, -0.15) is 0 Å². The number of aliphatic hydroxyl groups excluding tert-OH is 1. The van der Waals surface area contributed by atoms with Crippen LogP contribution in [-0.4, -0.2) is 96.7 Å². The van der Waals surface area contributed by atoms with E-state index in [9.17, 15) is 19.5 Å². The molecular weight excluding hydrogens is 673 g/mol. The van der Waals surface area contributed by atoms with E-state index in [1.165, 1.54) is 0 Å². The van der Waals surface area contributed by atoms with Gasteiger partial charge in [0.05, 0.1) is 18.2 Å². The number of fused-ring (bicyclic) bond motifs is 1. The molecule has 0 spiro atoms. The number of hydrogen-bond donors (Lipinski definition) is 3. The Kier molecular flexibility index (Phi) is 13.1. The summed E-state index contributed by atoms with van der Waals surface area (Å²) < 4.78 is 12.9. The molecule has 10 nitrogen and oxygen atoms in total. The molecule has 52 heavy (non-hydrogen) atoms. The number of amides is 3. The van der Waals surface area contributed by atoms with Crippen molar-refractivity contribution in [2.24, 2.45) is 5.92 Å². The third-order valence-corrected chi connectivity index (χ3v) is 14.9. The van der Waals surface area contributed by atoms with Crippen molar-refractivity contribution in [1.82, 2.24) is 20.4 Å². The van der Waals surface area contributed by atoms with Gasteiger partial charge in [0.15, 0.2) is 8.32 Å². The van der Waals surface area contributed by atoms with Crippen LogP contribution in [0.1, 0.15) is 91.5 Å². The van der Waals surface area contributed by atoms with Crippen molar-refractivity contribution in [3.8, 4) is 0 Å². The maximum Gasteiger partial charge on any atom is 0.410 e. The van der Waals surface area contributed by atoms with Crippen LogP contribution >= 0.6 is 0 Å². The molecule has 11 heteroatoms. The molecule has 2 aliphatic rings. The Morgan fingerprint density at radius 2 is 1.56 bits per heavy atom. The molecule has 0 saturated carbocycles. The Labute approximate surface area is 313 Å². The van der Waals surface area contributed by atoms with Gasteiger partial charge in [0.25, 0.3) is 0 Å². The fraction of sp³-hybridized carbons (Fsp3) is 0.634. The van der Waals surface area contributed by atoms with E-state index in [4.69, 9.17) is 9.16 Å². The number of nitrogens with zero attached hydrogens (tertiary/aromatic N) is 2. The third-order valence-electron chi connectivity index (χ3n) is 10.4. The first-order valence-corrected chi connectivity index (χ1v) is 21.8. The highest BCUT2D eigenvalue weighted by Crippen LogP contribution is 2.39. The summed E-state index contributed by atoms with van der Waals surface area (Å²) in [6.07, 6.45) is -0.132. The fourth-order valence-corrected chi connectivity index (χ4v) is 8.12. The molecule has 4 rings (SSSR count). The minimum Gasteiger partial charge on any atom is -0.444 e. The van der Waals surface area contributed by atoms with Gasteiger partial charge in [-0.05, 0) is 89.2 Å². The van der Waals surface area contributed by atoms with Gasteiger partial charge in [0.1, 0.15) is 11.6 Å². The van der Waals surface area contributed by atoms with Crippen molar-refractivity contribution >= 4 is 26.2 Å². The quantitative estimate of drug-likeness (QED) is 0.234. The largest absolute Gasteiger partial charge is 0.444 e. The lowest BCUT2D eigenvalue weighted by Gasteiger charge is -2.45. The number of nitrogens with one attached hydrogen (secondary N) is 2. The van der Waals surface area contributed by atoms with Gasteiger partial charge in [-0.25, -0.2) is 4.79 Å². The van der Waals surface area contributed by atoms with Gasteiger partial charge < -0.3 is 29.8 Å². The highest BCUT2D eigenvalue weighted by Gasteiger charge is 2.43. The zero-order valence-corrected chi connectivity index (χ0v) is 34.4. The van der Waals surface area contributed by atoms with Crippen LogP contribution in [0.2, 0.25) is 18.1 Å². The van der Waals surface area contributed by atoms with Crippen LogP contribution in [0.3, 0.4) is 0 Å². The number of rotatable bonds is 11. The van der Waals surface area contributed by atoms with Gasteiger partial charge in [-0.1, -0.05) is 75.4 Å². The SMILES string of the molecule is CC(C)(C)NC(=O)[C@@H]1CN(C(=O)OC(C)(C)C)CCN1C[C@H](C[C@@H](Cc1ccccc1)C(=O)N[C@H]1c2ccccc2C[C@H]1O)O[Si](C)(C)C(C)(C)C. The van der Waals surface area contributed by atoms with Crippen LogP contribution < -0.4 is 10.6 Å². The number of aliphatic hydroxyl groups is 1. The smallest absolute Gasteiger partial charge is 0.410 e. The lowest BCUT2D eigenvalue weighted by molar-refractivity contribution is -0.132. The van der Waals surface area contributed by atoms with Crippen molar-refractivity contribution in [3.63, 3.8) is 0 Å². The summed E-state index contributed by atoms with van der Waals surface area (Å²) in [7, 11) is -2.37. The summed E-state index contributed by atoms with van der Waals surface area (Å²) >= 11 is 0. The summed E-state index contributed by atoms with van der Waals surface area (Å²) in [5.41, 5.74) is 1.89. The van der Waals surface area contributed by atoms with Crippen molar-refractivity contribution < 1.29 is 28.7 Å². The van der Waals surface area contributed by atoms with Crippen LogP contribution in [0.15, 0.2) is 54.6 Å². The summed E-state index contributed by atoms with van der Waals surface area (Å²) in [6.45, 7) is 23.8. The molecule has 1 aliphatic heterocycles. The molecule has 0 unspecified atom stereocenters. The number of piperazine rings is 1. The highest BCUT2D eigenvalue weighted by molar-refractivity contribution is 6.74. The molecule has 1 aliphatic carbocycles. The van der Waals surface area contributed by atoms with Crippen LogP contribution in [0, 0.1) is 5.92 Å². The Hall–Kier alpha value is -3.25. The summed E-state index contributed by atoms with van der Waals surface area (Å²) in [5.74, 6) is -0.772. The predicted octanol–water partition coefficient (Wildman–Crippen LogP) is 6.24. The van der Waals surface area contributed by atoms with Crippen molar-refractivity contribution in [1.29, 1.82) is 0 Å². The minimum absolute atomic E-state index is 0.0987. The minimum atomic E-state index is -2.37. The number of ether oxygens (including phenoxy) is 1. The summed E-state index contributed by atoms with van der Waals surface area (Å²) in [4.78, 5) is 45.3. The van der Waals surface area contributed by atoms with Gasteiger partial charge in [-0.15, -0.1) is 0 Å². The molecule has 5 atom stereocenters. The van der Waals surface area contributed by atoms with E-state index in [1.54, 1.807) is 4.90 Å². The van der Waals surface area contributed by atoms with Crippen molar-refractivity contribution in [2.75, 3.05) is 26.2 Å². The molecule has 1 heterocycles.